The first-order valence-electron chi connectivity index (χ1n) is 11.1. The Balaban J connectivity index is 2.03. The van der Waals surface area contributed by atoms with E-state index in [0.29, 0.717) is 24.2 Å². The van der Waals surface area contributed by atoms with Crippen molar-refractivity contribution in [3.63, 3.8) is 0 Å². The van der Waals surface area contributed by atoms with Gasteiger partial charge in [0.1, 0.15) is 29.3 Å². The van der Waals surface area contributed by atoms with Crippen LogP contribution in [0, 0.1) is 0 Å². The fourth-order valence-corrected chi connectivity index (χ4v) is 3.75. The summed E-state index contributed by atoms with van der Waals surface area (Å²) in [7, 11) is 3.00. The highest BCUT2D eigenvalue weighted by atomic mass is 16.8. The summed E-state index contributed by atoms with van der Waals surface area (Å²) in [6.07, 6.45) is 5.76. The number of ether oxygens (including phenoxy) is 7. The van der Waals surface area contributed by atoms with Crippen LogP contribution in [-0.2, 0) is 28.5 Å². The van der Waals surface area contributed by atoms with Crippen molar-refractivity contribution in [2.45, 2.75) is 57.7 Å². The van der Waals surface area contributed by atoms with E-state index < -0.39 is 30.1 Å². The SMILES string of the molecule is COCOc1cc2c(c(OCOC)c1)C(=O)O[C@@H](C)C/C=C\C(=O)[C@@H]1OC(C)(C)O[C@@H]1C/C=C/2. The van der Waals surface area contributed by atoms with Crippen LogP contribution in [0.3, 0.4) is 0 Å². The molecule has 1 aromatic rings. The maximum Gasteiger partial charge on any atom is 0.342 e. The molecule has 9 nitrogen and oxygen atoms in total. The number of cyclic esters (lactones) is 1. The van der Waals surface area contributed by atoms with Crippen molar-refractivity contribution in [2.75, 3.05) is 27.8 Å². The van der Waals surface area contributed by atoms with Gasteiger partial charge in [-0.2, -0.15) is 0 Å². The molecule has 2 heterocycles. The van der Waals surface area contributed by atoms with E-state index in [4.69, 9.17) is 33.2 Å². The lowest BCUT2D eigenvalue weighted by atomic mass is 10.0. The second-order valence-corrected chi connectivity index (χ2v) is 8.48. The standard InChI is InChI=1S/C25H32O9/c1-16-8-6-10-19(26)23-20(33-25(2,3)34-23)11-7-9-17-12-18(30-14-28-4)13-21(31-15-29-5)22(17)24(27)32-16/h6-7,9-10,12-13,16,20,23H,8,11,14-15H2,1-5H3/b9-7+,10-6-/t16-,20+,23-/m0/s1. The first-order chi connectivity index (χ1) is 16.2. The highest BCUT2D eigenvalue weighted by molar-refractivity contribution is 5.97. The molecule has 34 heavy (non-hydrogen) atoms. The van der Waals surface area contributed by atoms with Gasteiger partial charge in [0, 0.05) is 26.7 Å². The van der Waals surface area contributed by atoms with Crippen molar-refractivity contribution in [3.8, 4) is 11.5 Å². The van der Waals surface area contributed by atoms with Gasteiger partial charge in [-0.3, -0.25) is 4.79 Å². The zero-order chi connectivity index (χ0) is 24.7. The van der Waals surface area contributed by atoms with Gasteiger partial charge in [0.05, 0.1) is 6.10 Å². The van der Waals surface area contributed by atoms with Crippen molar-refractivity contribution < 1.29 is 42.7 Å². The normalized spacial score (nSPS) is 26.6. The Hall–Kier alpha value is -2.72. The Kier molecular flexibility index (Phi) is 8.84. The van der Waals surface area contributed by atoms with Gasteiger partial charge in [-0.05, 0) is 44.9 Å². The average molecular weight is 477 g/mol. The van der Waals surface area contributed by atoms with Crippen molar-refractivity contribution in [1.82, 2.24) is 0 Å². The van der Waals surface area contributed by atoms with Gasteiger partial charge in [-0.1, -0.05) is 18.2 Å². The molecule has 0 radical (unpaired) electrons. The molecule has 0 spiro atoms. The number of hydrogen-bond acceptors (Lipinski definition) is 9. The maximum absolute atomic E-state index is 13.1. The van der Waals surface area contributed by atoms with Gasteiger partial charge < -0.3 is 33.2 Å². The first kappa shape index (κ1) is 25.9. The van der Waals surface area contributed by atoms with Crippen LogP contribution in [0.4, 0.5) is 0 Å². The Morgan fingerprint density at radius 1 is 0.971 bits per heavy atom. The molecule has 0 bridgehead atoms. The largest absolute Gasteiger partial charge is 0.467 e. The Morgan fingerprint density at radius 3 is 2.41 bits per heavy atom. The number of esters is 1. The number of fused-ring (bicyclic) bond motifs is 2. The zero-order valence-corrected chi connectivity index (χ0v) is 20.2. The third kappa shape index (κ3) is 6.66. The summed E-state index contributed by atoms with van der Waals surface area (Å²) < 4.78 is 38.8. The summed E-state index contributed by atoms with van der Waals surface area (Å²) in [5, 5.41) is 0. The molecule has 0 amide bonds. The zero-order valence-electron chi connectivity index (χ0n) is 20.2. The van der Waals surface area contributed by atoms with Gasteiger partial charge in [0.25, 0.3) is 0 Å². The second kappa shape index (κ2) is 11.6. The molecule has 0 N–H and O–H groups in total. The van der Waals surface area contributed by atoms with Crippen molar-refractivity contribution >= 4 is 17.8 Å². The third-order valence-corrected chi connectivity index (χ3v) is 5.17. The van der Waals surface area contributed by atoms with E-state index in [1.807, 2.05) is 6.08 Å². The lowest BCUT2D eigenvalue weighted by molar-refractivity contribution is -0.152. The van der Waals surface area contributed by atoms with Gasteiger partial charge in [0.15, 0.2) is 25.2 Å². The minimum Gasteiger partial charge on any atom is -0.467 e. The Bertz CT molecular complexity index is 935. The molecule has 2 aliphatic heterocycles. The number of benzene rings is 1. The molecular weight excluding hydrogens is 444 g/mol. The van der Waals surface area contributed by atoms with Gasteiger partial charge >= 0.3 is 5.97 Å². The fourth-order valence-electron chi connectivity index (χ4n) is 3.75. The molecule has 0 aliphatic carbocycles. The third-order valence-electron chi connectivity index (χ3n) is 5.17. The molecular formula is C25H32O9. The number of methoxy groups -OCH3 is 2. The monoisotopic (exact) mass is 476 g/mol. The quantitative estimate of drug-likeness (QED) is 0.450. The van der Waals surface area contributed by atoms with E-state index in [9.17, 15) is 9.59 Å². The predicted molar refractivity (Wildman–Crippen MR) is 123 cm³/mol. The van der Waals surface area contributed by atoms with Crippen LogP contribution < -0.4 is 9.47 Å². The molecule has 9 heteroatoms. The van der Waals surface area contributed by atoms with Crippen LogP contribution in [0.15, 0.2) is 30.4 Å². The second-order valence-electron chi connectivity index (χ2n) is 8.48. The summed E-state index contributed by atoms with van der Waals surface area (Å²) in [4.78, 5) is 25.9. The summed E-state index contributed by atoms with van der Waals surface area (Å²) in [6, 6.07) is 3.28. The van der Waals surface area contributed by atoms with Gasteiger partial charge in [-0.25, -0.2) is 4.79 Å². The van der Waals surface area contributed by atoms with E-state index in [2.05, 4.69) is 0 Å². The highest BCUT2D eigenvalue weighted by Crippen LogP contribution is 2.34. The van der Waals surface area contributed by atoms with E-state index in [0.717, 1.165) is 0 Å². The number of rotatable bonds is 6. The van der Waals surface area contributed by atoms with E-state index in [1.165, 1.54) is 20.3 Å². The minimum atomic E-state index is -0.882. The maximum atomic E-state index is 13.1. The predicted octanol–water partition coefficient (Wildman–Crippen LogP) is 3.65. The fraction of sp³-hybridized carbons (Fsp3) is 0.520. The summed E-state index contributed by atoms with van der Waals surface area (Å²) in [6.45, 7) is 5.25. The van der Waals surface area contributed by atoms with Crippen molar-refractivity contribution in [1.29, 1.82) is 0 Å². The number of carbonyl (C=O) groups excluding carboxylic acids is 2. The molecule has 1 aromatic carbocycles. The first-order valence-corrected chi connectivity index (χ1v) is 11.1. The van der Waals surface area contributed by atoms with Gasteiger partial charge in [0.2, 0.25) is 0 Å². The summed E-state index contributed by atoms with van der Waals surface area (Å²) in [5.41, 5.74) is 0.757. The lowest BCUT2D eigenvalue weighted by Crippen LogP contribution is -2.30. The number of hydrogen-bond donors (Lipinski definition) is 0. The molecule has 0 aromatic heterocycles. The van der Waals surface area contributed by atoms with Crippen LogP contribution in [0.5, 0.6) is 11.5 Å². The van der Waals surface area contributed by atoms with Crippen LogP contribution in [0.25, 0.3) is 6.08 Å². The summed E-state index contributed by atoms with van der Waals surface area (Å²) >= 11 is 0. The number of carbonyl (C=O) groups is 2. The Morgan fingerprint density at radius 2 is 1.68 bits per heavy atom. The van der Waals surface area contributed by atoms with Crippen molar-refractivity contribution in [3.05, 3.63) is 41.5 Å². The topological polar surface area (TPSA) is 98.8 Å². The Labute approximate surface area is 199 Å². The van der Waals surface area contributed by atoms with Crippen molar-refractivity contribution in [2.24, 2.45) is 0 Å². The minimum absolute atomic E-state index is 0.0200. The molecule has 186 valence electrons. The summed E-state index contributed by atoms with van der Waals surface area (Å²) in [5.74, 6) is -0.938. The molecule has 3 atom stereocenters. The van der Waals surface area contributed by atoms with Crippen LogP contribution in [0.1, 0.15) is 49.5 Å². The van der Waals surface area contributed by atoms with E-state index in [1.54, 1.807) is 45.1 Å². The molecule has 2 aliphatic rings. The molecule has 0 unspecified atom stereocenters. The molecule has 1 fully saturated rings. The average Bonchev–Trinajstić information content (AvgIpc) is 3.09. The van der Waals surface area contributed by atoms with E-state index in [-0.39, 0.29) is 30.7 Å². The van der Waals surface area contributed by atoms with E-state index >= 15 is 0 Å². The number of ketones is 1. The smallest absolute Gasteiger partial charge is 0.342 e. The van der Waals surface area contributed by atoms with Crippen LogP contribution in [-0.4, -0.2) is 63.7 Å². The molecule has 1 saturated heterocycles. The van der Waals surface area contributed by atoms with Crippen LogP contribution >= 0.6 is 0 Å². The highest BCUT2D eigenvalue weighted by Gasteiger charge is 2.43. The molecule has 0 saturated carbocycles. The lowest BCUT2D eigenvalue weighted by Gasteiger charge is -2.18. The van der Waals surface area contributed by atoms with Gasteiger partial charge in [-0.15, -0.1) is 0 Å². The molecule has 3 rings (SSSR count). The van der Waals surface area contributed by atoms with Crippen LogP contribution in [0.2, 0.25) is 0 Å².